The van der Waals surface area contributed by atoms with Crippen LogP contribution in [0.15, 0.2) is 33.9 Å². The van der Waals surface area contributed by atoms with Crippen molar-refractivity contribution in [2.45, 2.75) is 0 Å². The monoisotopic (exact) mass is 317 g/mol. The molecule has 8 nitrogen and oxygen atoms in total. The third kappa shape index (κ3) is 3.05. The minimum Gasteiger partial charge on any atom is -0.497 e. The molecule has 0 spiro atoms. The molecule has 120 valence electrons. The Bertz CT molecular complexity index is 891. The van der Waals surface area contributed by atoms with Crippen LogP contribution in [0.25, 0.3) is 12.2 Å². The van der Waals surface area contributed by atoms with Crippen molar-refractivity contribution in [3.05, 3.63) is 66.5 Å². The normalized spacial score (nSPS) is 10.9. The fraction of sp³-hybridized carbons (Fsp3) is 0.200. The number of methoxy groups -OCH3 is 1. The van der Waals surface area contributed by atoms with Crippen LogP contribution in [-0.2, 0) is 14.1 Å². The molecule has 8 heteroatoms. The van der Waals surface area contributed by atoms with Gasteiger partial charge in [0.1, 0.15) is 11.4 Å². The number of hydrogen-bond acceptors (Lipinski definition) is 5. The molecule has 0 amide bonds. The van der Waals surface area contributed by atoms with Gasteiger partial charge in [-0.25, -0.2) is 4.79 Å². The first-order chi connectivity index (χ1) is 10.9. The van der Waals surface area contributed by atoms with Crippen molar-refractivity contribution >= 4 is 17.8 Å². The molecule has 1 heterocycles. The summed E-state index contributed by atoms with van der Waals surface area (Å²) in [5.41, 5.74) is -1.52. The fourth-order valence-electron chi connectivity index (χ4n) is 2.09. The summed E-state index contributed by atoms with van der Waals surface area (Å²) in [6.45, 7) is 0. The van der Waals surface area contributed by atoms with Gasteiger partial charge in [0.05, 0.1) is 12.0 Å². The molecule has 0 unspecified atom stereocenters. The molecule has 0 saturated carbocycles. The molecule has 2 rings (SSSR count). The van der Waals surface area contributed by atoms with E-state index in [1.807, 2.05) is 0 Å². The first-order valence-corrected chi connectivity index (χ1v) is 6.63. The maximum absolute atomic E-state index is 12.0. The Morgan fingerprint density at radius 1 is 1.09 bits per heavy atom. The molecule has 23 heavy (non-hydrogen) atoms. The molecule has 1 aromatic carbocycles. The van der Waals surface area contributed by atoms with E-state index in [4.69, 9.17) is 4.74 Å². The van der Waals surface area contributed by atoms with Gasteiger partial charge in [-0.2, -0.15) is 0 Å². The van der Waals surface area contributed by atoms with E-state index >= 15 is 0 Å². The maximum Gasteiger partial charge on any atom is 0.357 e. The summed E-state index contributed by atoms with van der Waals surface area (Å²) in [4.78, 5) is 34.3. The Hall–Kier alpha value is -3.16. The van der Waals surface area contributed by atoms with Crippen molar-refractivity contribution in [3.8, 4) is 5.75 Å². The van der Waals surface area contributed by atoms with Crippen molar-refractivity contribution in [3.63, 3.8) is 0 Å². The second-order valence-corrected chi connectivity index (χ2v) is 4.80. The van der Waals surface area contributed by atoms with Crippen LogP contribution >= 0.6 is 0 Å². The van der Waals surface area contributed by atoms with Crippen molar-refractivity contribution in [2.24, 2.45) is 14.1 Å². The minimum absolute atomic E-state index is 0.0566. The van der Waals surface area contributed by atoms with Crippen molar-refractivity contribution in [2.75, 3.05) is 7.11 Å². The minimum atomic E-state index is -0.938. The number of benzene rings is 1. The first-order valence-electron chi connectivity index (χ1n) is 6.63. The standard InChI is InChI=1S/C15H15N3O5/c1-16-12(9-6-10-4-7-11(23-3)8-5-10)13(18(21)22)14(19)17(2)15(16)20/h4-9H,1-3H3/b9-6-. The van der Waals surface area contributed by atoms with Gasteiger partial charge in [-0.15, -0.1) is 0 Å². The molecule has 0 bridgehead atoms. The number of nitro groups is 1. The number of hydrogen-bond donors (Lipinski definition) is 0. The van der Waals surface area contributed by atoms with Gasteiger partial charge in [0.15, 0.2) is 0 Å². The number of aromatic nitrogens is 2. The zero-order valence-electron chi connectivity index (χ0n) is 12.8. The van der Waals surface area contributed by atoms with E-state index < -0.39 is 21.9 Å². The van der Waals surface area contributed by atoms with Gasteiger partial charge in [0.25, 0.3) is 0 Å². The highest BCUT2D eigenvalue weighted by molar-refractivity contribution is 5.72. The summed E-state index contributed by atoms with van der Waals surface area (Å²) in [5, 5.41) is 11.2. The van der Waals surface area contributed by atoms with Gasteiger partial charge < -0.3 is 4.74 Å². The lowest BCUT2D eigenvalue weighted by atomic mass is 10.2. The maximum atomic E-state index is 12.0. The Balaban J connectivity index is 2.58. The van der Waals surface area contributed by atoms with E-state index in [1.54, 1.807) is 37.5 Å². The third-order valence-corrected chi connectivity index (χ3v) is 3.42. The van der Waals surface area contributed by atoms with Crippen LogP contribution in [0.5, 0.6) is 5.75 Å². The van der Waals surface area contributed by atoms with E-state index in [0.29, 0.717) is 10.3 Å². The molecule has 0 aliphatic rings. The smallest absolute Gasteiger partial charge is 0.357 e. The summed E-state index contributed by atoms with van der Waals surface area (Å²) in [7, 11) is 4.13. The zero-order chi connectivity index (χ0) is 17.1. The predicted molar refractivity (Wildman–Crippen MR) is 85.5 cm³/mol. The molecule has 0 N–H and O–H groups in total. The largest absolute Gasteiger partial charge is 0.497 e. The second-order valence-electron chi connectivity index (χ2n) is 4.80. The van der Waals surface area contributed by atoms with Crippen molar-refractivity contribution in [1.82, 2.24) is 9.13 Å². The molecule has 2 aromatic rings. The van der Waals surface area contributed by atoms with E-state index in [9.17, 15) is 19.7 Å². The van der Waals surface area contributed by atoms with E-state index in [2.05, 4.69) is 0 Å². The first kappa shape index (κ1) is 16.2. The quantitative estimate of drug-likeness (QED) is 0.623. The molecular formula is C15H15N3O5. The van der Waals surface area contributed by atoms with E-state index in [1.165, 1.54) is 20.2 Å². The fourth-order valence-corrected chi connectivity index (χ4v) is 2.09. The van der Waals surface area contributed by atoms with Crippen LogP contribution in [0.3, 0.4) is 0 Å². The molecule has 0 saturated heterocycles. The molecule has 0 aliphatic carbocycles. The number of ether oxygens (including phenoxy) is 1. The molecule has 0 radical (unpaired) electrons. The summed E-state index contributed by atoms with van der Waals surface area (Å²) >= 11 is 0. The third-order valence-electron chi connectivity index (χ3n) is 3.42. The summed E-state index contributed by atoms with van der Waals surface area (Å²) in [5.74, 6) is 0.675. The van der Waals surface area contributed by atoms with E-state index in [-0.39, 0.29) is 5.69 Å². The molecule has 0 fully saturated rings. The average Bonchev–Trinajstić information content (AvgIpc) is 2.55. The van der Waals surface area contributed by atoms with Crippen LogP contribution in [0.1, 0.15) is 11.3 Å². The van der Waals surface area contributed by atoms with Gasteiger partial charge in [0.2, 0.25) is 0 Å². The molecule has 0 aliphatic heterocycles. The molecule has 1 aromatic heterocycles. The van der Waals surface area contributed by atoms with Crippen molar-refractivity contribution in [1.29, 1.82) is 0 Å². The Labute approximate surface area is 131 Å². The summed E-state index contributed by atoms with van der Waals surface area (Å²) in [6.07, 6.45) is 2.96. The molecule has 0 atom stereocenters. The highest BCUT2D eigenvalue weighted by Gasteiger charge is 2.23. The number of nitrogens with zero attached hydrogens (tertiary/aromatic N) is 3. The predicted octanol–water partition coefficient (Wildman–Crippen LogP) is 1.17. The van der Waals surface area contributed by atoms with Gasteiger partial charge in [-0.05, 0) is 23.8 Å². The highest BCUT2D eigenvalue weighted by atomic mass is 16.6. The Morgan fingerprint density at radius 3 is 2.22 bits per heavy atom. The van der Waals surface area contributed by atoms with Crippen LogP contribution < -0.4 is 16.0 Å². The van der Waals surface area contributed by atoms with Gasteiger partial charge in [-0.3, -0.25) is 24.0 Å². The lowest BCUT2D eigenvalue weighted by Crippen LogP contribution is -2.39. The van der Waals surface area contributed by atoms with Crippen LogP contribution in [-0.4, -0.2) is 21.2 Å². The van der Waals surface area contributed by atoms with Crippen LogP contribution in [0.4, 0.5) is 5.69 Å². The van der Waals surface area contributed by atoms with Gasteiger partial charge >= 0.3 is 16.9 Å². The number of rotatable bonds is 4. The SMILES string of the molecule is COc1ccc(/C=C\c2c([N+](=O)[O-])c(=O)n(C)c(=O)n2C)cc1. The lowest BCUT2D eigenvalue weighted by Gasteiger charge is -2.07. The van der Waals surface area contributed by atoms with Gasteiger partial charge in [-0.1, -0.05) is 18.2 Å². The van der Waals surface area contributed by atoms with Crippen LogP contribution in [0, 0.1) is 10.1 Å². The van der Waals surface area contributed by atoms with Crippen LogP contribution in [0.2, 0.25) is 0 Å². The second kappa shape index (κ2) is 6.30. The topological polar surface area (TPSA) is 96.4 Å². The summed E-state index contributed by atoms with van der Waals surface area (Å²) < 4.78 is 6.82. The average molecular weight is 317 g/mol. The lowest BCUT2D eigenvalue weighted by molar-refractivity contribution is -0.387. The van der Waals surface area contributed by atoms with Gasteiger partial charge in [0, 0.05) is 14.1 Å². The molecular weight excluding hydrogens is 302 g/mol. The Kier molecular flexibility index (Phi) is 4.44. The highest BCUT2D eigenvalue weighted by Crippen LogP contribution is 2.17. The zero-order valence-corrected chi connectivity index (χ0v) is 12.8. The Morgan fingerprint density at radius 2 is 1.70 bits per heavy atom. The van der Waals surface area contributed by atoms with E-state index in [0.717, 1.165) is 10.1 Å². The van der Waals surface area contributed by atoms with Crippen molar-refractivity contribution < 1.29 is 9.66 Å². The summed E-state index contributed by atoms with van der Waals surface area (Å²) in [6, 6.07) is 6.97.